The number of aromatic nitrogens is 2. The number of nitrogens with two attached hydrogens (primary N) is 1. The van der Waals surface area contributed by atoms with Crippen molar-refractivity contribution in [2.24, 2.45) is 5.73 Å². The predicted octanol–water partition coefficient (Wildman–Crippen LogP) is 1.98. The first-order chi connectivity index (χ1) is 10.6. The van der Waals surface area contributed by atoms with E-state index in [1.807, 2.05) is 6.92 Å². The highest BCUT2D eigenvalue weighted by Gasteiger charge is 2.10. The Bertz CT molecular complexity index is 634. The molecule has 0 aliphatic heterocycles. The molecule has 1 heterocycles. The molecule has 2 aromatic rings. The van der Waals surface area contributed by atoms with Gasteiger partial charge in [-0.15, -0.1) is 10.2 Å². The number of anilines is 1. The summed E-state index contributed by atoms with van der Waals surface area (Å²) < 4.78 is 18.8. The minimum Gasteiger partial charge on any atom is -0.489 e. The molecule has 0 spiro atoms. The van der Waals surface area contributed by atoms with E-state index in [0.717, 1.165) is 6.42 Å². The van der Waals surface area contributed by atoms with E-state index in [9.17, 15) is 9.18 Å². The molecule has 7 heteroatoms. The molecular weight excluding hydrogens is 287 g/mol. The fraction of sp³-hybridized carbons (Fsp3) is 0.267. The van der Waals surface area contributed by atoms with Gasteiger partial charge in [0.2, 0.25) is 0 Å². The van der Waals surface area contributed by atoms with Crippen molar-refractivity contribution < 1.29 is 13.9 Å². The zero-order valence-electron chi connectivity index (χ0n) is 12.1. The van der Waals surface area contributed by atoms with Crippen molar-refractivity contribution in [1.29, 1.82) is 0 Å². The topological polar surface area (TPSA) is 90.1 Å². The van der Waals surface area contributed by atoms with Gasteiger partial charge in [-0.2, -0.15) is 0 Å². The van der Waals surface area contributed by atoms with Crippen molar-refractivity contribution in [2.45, 2.75) is 19.4 Å². The van der Waals surface area contributed by atoms with Crippen LogP contribution in [0.2, 0.25) is 0 Å². The lowest BCUT2D eigenvalue weighted by Gasteiger charge is -2.18. The largest absolute Gasteiger partial charge is 0.489 e. The summed E-state index contributed by atoms with van der Waals surface area (Å²) in [7, 11) is 0. The van der Waals surface area contributed by atoms with E-state index in [4.69, 9.17) is 10.5 Å². The van der Waals surface area contributed by atoms with Crippen LogP contribution >= 0.6 is 0 Å². The molecule has 0 unspecified atom stereocenters. The minimum atomic E-state index is -0.625. The van der Waals surface area contributed by atoms with Crippen molar-refractivity contribution in [2.75, 3.05) is 11.9 Å². The molecule has 6 nitrogen and oxygen atoms in total. The third kappa shape index (κ3) is 4.41. The summed E-state index contributed by atoms with van der Waals surface area (Å²) in [4.78, 5) is 10.9. The molecule has 0 fully saturated rings. The van der Waals surface area contributed by atoms with E-state index in [0.29, 0.717) is 18.1 Å². The van der Waals surface area contributed by atoms with Crippen LogP contribution in [-0.4, -0.2) is 28.8 Å². The Morgan fingerprint density at radius 2 is 2.18 bits per heavy atom. The number of amides is 1. The van der Waals surface area contributed by atoms with Crippen molar-refractivity contribution >= 4 is 11.7 Å². The van der Waals surface area contributed by atoms with Crippen molar-refractivity contribution in [3.05, 3.63) is 47.9 Å². The summed E-state index contributed by atoms with van der Waals surface area (Å²) in [6.07, 6.45) is 0.579. The normalized spacial score (nSPS) is 11.7. The second kappa shape index (κ2) is 7.35. The number of hydrogen-bond acceptors (Lipinski definition) is 5. The Balaban J connectivity index is 1.91. The van der Waals surface area contributed by atoms with Gasteiger partial charge < -0.3 is 15.8 Å². The Morgan fingerprint density at radius 1 is 1.36 bits per heavy atom. The number of nitrogens with one attached hydrogen (secondary N) is 1. The number of ether oxygens (including phenoxy) is 1. The Morgan fingerprint density at radius 3 is 2.77 bits per heavy atom. The van der Waals surface area contributed by atoms with Crippen LogP contribution in [0, 0.1) is 5.82 Å². The molecule has 3 N–H and O–H groups in total. The van der Waals surface area contributed by atoms with Crippen LogP contribution in [0.1, 0.15) is 23.8 Å². The van der Waals surface area contributed by atoms with Crippen LogP contribution in [0.4, 0.5) is 10.2 Å². The molecular formula is C15H17FN4O2. The van der Waals surface area contributed by atoms with Gasteiger partial charge in [-0.1, -0.05) is 13.0 Å². The van der Waals surface area contributed by atoms with Gasteiger partial charge in [0, 0.05) is 6.07 Å². The third-order valence-electron chi connectivity index (χ3n) is 2.98. The van der Waals surface area contributed by atoms with Crippen LogP contribution in [0.25, 0.3) is 0 Å². The minimum absolute atomic E-state index is 0.105. The van der Waals surface area contributed by atoms with Gasteiger partial charge in [0.1, 0.15) is 23.5 Å². The maximum atomic E-state index is 13.1. The highest BCUT2D eigenvalue weighted by atomic mass is 19.1. The second-order valence-corrected chi connectivity index (χ2v) is 4.65. The summed E-state index contributed by atoms with van der Waals surface area (Å²) in [6.45, 7) is 2.44. The molecule has 0 saturated carbocycles. The van der Waals surface area contributed by atoms with E-state index in [1.165, 1.54) is 18.2 Å². The molecule has 1 aromatic carbocycles. The molecule has 116 valence electrons. The Hall–Kier alpha value is -2.70. The van der Waals surface area contributed by atoms with Gasteiger partial charge in [0.15, 0.2) is 5.69 Å². The predicted molar refractivity (Wildman–Crippen MR) is 80.1 cm³/mol. The van der Waals surface area contributed by atoms with E-state index < -0.39 is 5.91 Å². The number of carbonyl (C=O) groups excluding carboxylic acids is 1. The van der Waals surface area contributed by atoms with Crippen molar-refractivity contribution in [1.82, 2.24) is 10.2 Å². The molecule has 0 saturated heterocycles. The average Bonchev–Trinajstić information content (AvgIpc) is 2.52. The molecule has 1 amide bonds. The number of primary amides is 1. The maximum absolute atomic E-state index is 13.1. The first-order valence-corrected chi connectivity index (χ1v) is 6.88. The zero-order chi connectivity index (χ0) is 15.9. The highest BCUT2D eigenvalue weighted by Crippen LogP contribution is 2.15. The van der Waals surface area contributed by atoms with E-state index in [2.05, 4.69) is 15.5 Å². The number of hydrogen-bond donors (Lipinski definition) is 2. The Kier molecular flexibility index (Phi) is 5.24. The number of nitrogens with zero attached hydrogens (tertiary/aromatic N) is 2. The first kappa shape index (κ1) is 15.7. The van der Waals surface area contributed by atoms with Gasteiger partial charge in [-0.05, 0) is 30.7 Å². The first-order valence-electron chi connectivity index (χ1n) is 6.88. The summed E-state index contributed by atoms with van der Waals surface area (Å²) in [5.74, 6) is 0.0169. The van der Waals surface area contributed by atoms with Crippen LogP contribution in [0.3, 0.4) is 0 Å². The average molecular weight is 304 g/mol. The number of halogens is 1. The van der Waals surface area contributed by atoms with Crippen molar-refractivity contribution in [3.63, 3.8) is 0 Å². The summed E-state index contributed by atoms with van der Waals surface area (Å²) >= 11 is 0. The quantitative estimate of drug-likeness (QED) is 0.816. The number of benzene rings is 1. The molecule has 0 bridgehead atoms. The van der Waals surface area contributed by atoms with Crippen LogP contribution in [0.15, 0.2) is 36.4 Å². The maximum Gasteiger partial charge on any atom is 0.269 e. The SMILES string of the molecule is CC[C@H](CNc1ccc(C(N)=O)nn1)Oc1cccc(F)c1. The number of carbonyl (C=O) groups is 1. The third-order valence-corrected chi connectivity index (χ3v) is 2.98. The second-order valence-electron chi connectivity index (χ2n) is 4.65. The lowest BCUT2D eigenvalue weighted by atomic mass is 10.2. The van der Waals surface area contributed by atoms with Crippen LogP contribution < -0.4 is 15.8 Å². The molecule has 2 rings (SSSR count). The number of rotatable bonds is 7. The lowest BCUT2D eigenvalue weighted by Crippen LogP contribution is -2.26. The zero-order valence-corrected chi connectivity index (χ0v) is 12.1. The Labute approximate surface area is 127 Å². The molecule has 22 heavy (non-hydrogen) atoms. The standard InChI is InChI=1S/C15H17FN4O2/c1-2-11(22-12-5-3-4-10(16)8-12)9-18-14-7-6-13(15(17)21)19-20-14/h3-8,11H,2,9H2,1H3,(H2,17,21)(H,18,20)/t11-/m1/s1. The molecule has 0 radical (unpaired) electrons. The lowest BCUT2D eigenvalue weighted by molar-refractivity contribution is 0.0994. The fourth-order valence-corrected chi connectivity index (χ4v) is 1.78. The molecule has 1 aromatic heterocycles. The fourth-order valence-electron chi connectivity index (χ4n) is 1.78. The van der Waals surface area contributed by atoms with Crippen LogP contribution in [0.5, 0.6) is 5.75 Å². The van der Waals surface area contributed by atoms with Gasteiger partial charge in [-0.3, -0.25) is 4.79 Å². The summed E-state index contributed by atoms with van der Waals surface area (Å²) in [5.41, 5.74) is 5.20. The van der Waals surface area contributed by atoms with Crippen molar-refractivity contribution in [3.8, 4) is 5.75 Å². The molecule has 1 atom stereocenters. The van der Waals surface area contributed by atoms with E-state index >= 15 is 0 Å². The van der Waals surface area contributed by atoms with Gasteiger partial charge >= 0.3 is 0 Å². The summed E-state index contributed by atoms with van der Waals surface area (Å²) in [5, 5.41) is 10.6. The van der Waals surface area contributed by atoms with Gasteiger partial charge in [-0.25, -0.2) is 4.39 Å². The smallest absolute Gasteiger partial charge is 0.269 e. The monoisotopic (exact) mass is 304 g/mol. The molecule has 0 aliphatic carbocycles. The molecule has 0 aliphatic rings. The summed E-state index contributed by atoms with van der Waals surface area (Å²) in [6, 6.07) is 9.10. The van der Waals surface area contributed by atoms with Gasteiger partial charge in [0.05, 0.1) is 6.54 Å². The van der Waals surface area contributed by atoms with Crippen LogP contribution in [-0.2, 0) is 0 Å². The highest BCUT2D eigenvalue weighted by molar-refractivity contribution is 5.90. The van der Waals surface area contributed by atoms with E-state index in [1.54, 1.807) is 18.2 Å². The van der Waals surface area contributed by atoms with E-state index in [-0.39, 0.29) is 17.6 Å². The van der Waals surface area contributed by atoms with Gasteiger partial charge in [0.25, 0.3) is 5.91 Å².